The van der Waals surface area contributed by atoms with Gasteiger partial charge in [0.25, 0.3) is 0 Å². The minimum absolute atomic E-state index is 0.0923. The zero-order valence-corrected chi connectivity index (χ0v) is 12.4. The first-order valence-electron chi connectivity index (χ1n) is 5.90. The second-order valence-electron chi connectivity index (χ2n) is 5.48. The molecule has 0 spiro atoms. The van der Waals surface area contributed by atoms with Crippen LogP contribution < -0.4 is 10.6 Å². The van der Waals surface area contributed by atoms with Crippen LogP contribution >= 0.6 is 12.2 Å². The molecule has 0 aliphatic carbocycles. The smallest absolute Gasteiger partial charge is 0.231 e. The summed E-state index contributed by atoms with van der Waals surface area (Å²) in [6.45, 7) is 9.56. The van der Waals surface area contributed by atoms with Gasteiger partial charge in [-0.1, -0.05) is 32.9 Å². The van der Waals surface area contributed by atoms with Crippen molar-refractivity contribution in [3.8, 4) is 0 Å². The van der Waals surface area contributed by atoms with Crippen molar-refractivity contribution in [3.05, 3.63) is 29.3 Å². The number of nitrogens with one attached hydrogen (secondary N) is 2. The maximum atomic E-state index is 11.8. The van der Waals surface area contributed by atoms with Gasteiger partial charge in [-0.3, -0.25) is 4.79 Å². The predicted molar refractivity (Wildman–Crippen MR) is 79.7 cm³/mol. The lowest BCUT2D eigenvalue weighted by Gasteiger charge is -2.19. The van der Waals surface area contributed by atoms with E-state index in [0.717, 1.165) is 16.8 Å². The average molecular weight is 264 g/mol. The molecule has 98 valence electrons. The summed E-state index contributed by atoms with van der Waals surface area (Å²) in [4.78, 5) is 11.8. The van der Waals surface area contributed by atoms with Crippen LogP contribution in [0.3, 0.4) is 0 Å². The van der Waals surface area contributed by atoms with E-state index in [4.69, 9.17) is 12.2 Å². The van der Waals surface area contributed by atoms with Crippen LogP contribution in [0.2, 0.25) is 0 Å². The summed E-state index contributed by atoms with van der Waals surface area (Å²) in [5, 5.41) is 6.09. The Morgan fingerprint density at radius 1 is 1.22 bits per heavy atom. The molecule has 1 aromatic carbocycles. The van der Waals surface area contributed by atoms with Crippen LogP contribution in [0.4, 0.5) is 5.69 Å². The molecule has 1 aromatic rings. The molecule has 4 heteroatoms. The standard InChI is InChI=1S/C14H20N2OS/c1-9-6-7-10(2)11(8-9)15-13(18)16-12(17)14(3,4)5/h6-8H,1-5H3,(H2,15,16,17,18). The van der Waals surface area contributed by atoms with Gasteiger partial charge in [-0.2, -0.15) is 0 Å². The van der Waals surface area contributed by atoms with Crippen molar-refractivity contribution in [1.29, 1.82) is 0 Å². The molecule has 18 heavy (non-hydrogen) atoms. The number of benzene rings is 1. The van der Waals surface area contributed by atoms with Crippen molar-refractivity contribution >= 4 is 28.9 Å². The van der Waals surface area contributed by atoms with Crippen molar-refractivity contribution in [2.75, 3.05) is 5.32 Å². The minimum atomic E-state index is -0.451. The van der Waals surface area contributed by atoms with Crippen LogP contribution in [-0.2, 0) is 4.79 Å². The fraction of sp³-hybridized carbons (Fsp3) is 0.429. The number of amides is 1. The summed E-state index contributed by atoms with van der Waals surface area (Å²) >= 11 is 5.14. The van der Waals surface area contributed by atoms with Gasteiger partial charge < -0.3 is 10.6 Å². The normalized spacial score (nSPS) is 10.9. The summed E-state index contributed by atoms with van der Waals surface area (Å²) in [7, 11) is 0. The number of carbonyl (C=O) groups excluding carboxylic acids is 1. The predicted octanol–water partition coefficient (Wildman–Crippen LogP) is 3.16. The van der Waals surface area contributed by atoms with Gasteiger partial charge in [0.1, 0.15) is 0 Å². The van der Waals surface area contributed by atoms with Crippen LogP contribution in [0.25, 0.3) is 0 Å². The van der Waals surface area contributed by atoms with E-state index >= 15 is 0 Å². The molecule has 0 unspecified atom stereocenters. The van der Waals surface area contributed by atoms with E-state index in [9.17, 15) is 4.79 Å². The zero-order chi connectivity index (χ0) is 13.9. The molecule has 0 saturated heterocycles. The molecule has 3 nitrogen and oxygen atoms in total. The maximum absolute atomic E-state index is 11.8. The lowest BCUT2D eigenvalue weighted by Crippen LogP contribution is -2.41. The van der Waals surface area contributed by atoms with Crippen molar-refractivity contribution in [1.82, 2.24) is 5.32 Å². The first-order chi connectivity index (χ1) is 8.20. The van der Waals surface area contributed by atoms with Gasteiger partial charge in [-0.25, -0.2) is 0 Å². The highest BCUT2D eigenvalue weighted by atomic mass is 32.1. The van der Waals surface area contributed by atoms with Gasteiger partial charge in [-0.15, -0.1) is 0 Å². The largest absolute Gasteiger partial charge is 0.332 e. The van der Waals surface area contributed by atoms with Crippen molar-refractivity contribution in [2.24, 2.45) is 5.41 Å². The fourth-order valence-corrected chi connectivity index (χ4v) is 1.52. The van der Waals surface area contributed by atoms with Crippen LogP contribution in [0, 0.1) is 19.3 Å². The summed E-state index contributed by atoms with van der Waals surface area (Å²) in [5.41, 5.74) is 2.71. The number of anilines is 1. The molecule has 0 aromatic heterocycles. The Balaban J connectivity index is 2.71. The SMILES string of the molecule is Cc1ccc(C)c(NC(=S)NC(=O)C(C)(C)C)c1. The number of carbonyl (C=O) groups is 1. The van der Waals surface area contributed by atoms with E-state index in [1.165, 1.54) is 0 Å². The van der Waals surface area contributed by atoms with Gasteiger partial charge >= 0.3 is 0 Å². The lowest BCUT2D eigenvalue weighted by atomic mass is 9.96. The molecule has 0 aliphatic heterocycles. The van der Waals surface area contributed by atoms with Crippen LogP contribution in [-0.4, -0.2) is 11.0 Å². The molecular weight excluding hydrogens is 244 g/mol. The minimum Gasteiger partial charge on any atom is -0.332 e. The molecule has 0 bridgehead atoms. The Hall–Kier alpha value is -1.42. The van der Waals surface area contributed by atoms with E-state index in [1.54, 1.807) is 0 Å². The van der Waals surface area contributed by atoms with Crippen molar-refractivity contribution < 1.29 is 4.79 Å². The molecule has 0 aliphatic rings. The molecule has 0 radical (unpaired) electrons. The van der Waals surface area contributed by atoms with Gasteiger partial charge in [0.05, 0.1) is 0 Å². The Labute approximate surface area is 114 Å². The number of rotatable bonds is 1. The second-order valence-corrected chi connectivity index (χ2v) is 5.88. The summed E-state index contributed by atoms with van der Waals surface area (Å²) in [6, 6.07) is 6.06. The maximum Gasteiger partial charge on any atom is 0.231 e. The molecule has 1 amide bonds. The molecule has 0 atom stereocenters. The third kappa shape index (κ3) is 4.11. The highest BCUT2D eigenvalue weighted by Gasteiger charge is 2.22. The fourth-order valence-electron chi connectivity index (χ4n) is 1.31. The van der Waals surface area contributed by atoms with E-state index in [2.05, 4.69) is 10.6 Å². The first-order valence-corrected chi connectivity index (χ1v) is 6.30. The van der Waals surface area contributed by atoms with Crippen LogP contribution in [0.15, 0.2) is 18.2 Å². The zero-order valence-electron chi connectivity index (χ0n) is 11.5. The monoisotopic (exact) mass is 264 g/mol. The lowest BCUT2D eigenvalue weighted by molar-refractivity contribution is -0.126. The van der Waals surface area contributed by atoms with Crippen LogP contribution in [0.1, 0.15) is 31.9 Å². The topological polar surface area (TPSA) is 41.1 Å². The van der Waals surface area contributed by atoms with Gasteiger partial charge in [-0.05, 0) is 43.3 Å². The second kappa shape index (κ2) is 5.48. The number of hydrogen-bond donors (Lipinski definition) is 2. The highest BCUT2D eigenvalue weighted by molar-refractivity contribution is 7.80. The van der Waals surface area contributed by atoms with E-state index < -0.39 is 5.41 Å². The van der Waals surface area contributed by atoms with E-state index in [-0.39, 0.29) is 5.91 Å². The highest BCUT2D eigenvalue weighted by Crippen LogP contribution is 2.17. The molecule has 2 N–H and O–H groups in total. The van der Waals surface area contributed by atoms with Gasteiger partial charge in [0.2, 0.25) is 5.91 Å². The third-order valence-corrected chi connectivity index (χ3v) is 2.75. The first kappa shape index (κ1) is 14.6. The molecule has 0 fully saturated rings. The summed E-state index contributed by atoms with van der Waals surface area (Å²) < 4.78 is 0. The Morgan fingerprint density at radius 2 is 1.83 bits per heavy atom. The van der Waals surface area contributed by atoms with Crippen molar-refractivity contribution in [3.63, 3.8) is 0 Å². The third-order valence-electron chi connectivity index (χ3n) is 2.55. The van der Waals surface area contributed by atoms with E-state index in [1.807, 2.05) is 52.8 Å². The molecule has 0 saturated carbocycles. The quantitative estimate of drug-likeness (QED) is 0.766. The Bertz CT molecular complexity index is 475. The Morgan fingerprint density at radius 3 is 2.39 bits per heavy atom. The number of hydrogen-bond acceptors (Lipinski definition) is 2. The van der Waals surface area contributed by atoms with Gasteiger partial charge in [0, 0.05) is 11.1 Å². The molecular formula is C14H20N2OS. The van der Waals surface area contributed by atoms with E-state index in [0.29, 0.717) is 5.11 Å². The summed E-state index contributed by atoms with van der Waals surface area (Å²) in [6.07, 6.45) is 0. The van der Waals surface area contributed by atoms with Gasteiger partial charge in [0.15, 0.2) is 5.11 Å². The molecule has 0 heterocycles. The number of thiocarbonyl (C=S) groups is 1. The summed E-state index contributed by atoms with van der Waals surface area (Å²) in [5.74, 6) is -0.0923. The molecule has 1 rings (SSSR count). The number of aryl methyl sites for hydroxylation is 2. The Kier molecular flexibility index (Phi) is 4.46. The average Bonchev–Trinajstić information content (AvgIpc) is 2.22. The van der Waals surface area contributed by atoms with Crippen molar-refractivity contribution in [2.45, 2.75) is 34.6 Å². The van der Waals surface area contributed by atoms with Crippen LogP contribution in [0.5, 0.6) is 0 Å².